The molecular weight excluding hydrogens is 384 g/mol. The van der Waals surface area contributed by atoms with Gasteiger partial charge in [0.1, 0.15) is 5.75 Å². The predicted octanol–water partition coefficient (Wildman–Crippen LogP) is 5.44. The molecule has 0 saturated carbocycles. The second kappa shape index (κ2) is 10.8. The van der Waals surface area contributed by atoms with Crippen LogP contribution in [0.25, 0.3) is 0 Å². The maximum Gasteiger partial charge on any atom is 0.261 e. The summed E-state index contributed by atoms with van der Waals surface area (Å²) < 4.78 is 5.97. The van der Waals surface area contributed by atoms with Crippen LogP contribution in [0.1, 0.15) is 70.1 Å². The highest BCUT2D eigenvalue weighted by atomic mass is 16.5. The van der Waals surface area contributed by atoms with E-state index in [2.05, 4.69) is 67.4 Å². The summed E-state index contributed by atoms with van der Waals surface area (Å²) >= 11 is 0. The lowest BCUT2D eigenvalue weighted by molar-refractivity contribution is -0.128. The Labute approximate surface area is 188 Å². The van der Waals surface area contributed by atoms with E-state index in [0.717, 1.165) is 17.9 Å². The largest absolute Gasteiger partial charge is 0.481 e. The number of rotatable bonds is 8. The second-order valence-electron chi connectivity index (χ2n) is 9.66. The Kier molecular flexibility index (Phi) is 8.14. The molecule has 4 heteroatoms. The summed E-state index contributed by atoms with van der Waals surface area (Å²) in [5, 5.41) is 3.03. The lowest BCUT2D eigenvalue weighted by Gasteiger charge is -2.26. The number of hydrogen-bond donors (Lipinski definition) is 1. The maximum atomic E-state index is 12.7. The predicted molar refractivity (Wildman–Crippen MR) is 127 cm³/mol. The molecule has 0 spiro atoms. The molecule has 2 aromatic carbocycles. The first-order chi connectivity index (χ1) is 14.8. The molecule has 3 rings (SSSR count). The maximum absolute atomic E-state index is 12.7. The van der Waals surface area contributed by atoms with Crippen LogP contribution < -0.4 is 10.1 Å². The molecule has 4 nitrogen and oxygen atoms in total. The molecule has 0 aliphatic carbocycles. The van der Waals surface area contributed by atoms with Crippen LogP contribution in [0.4, 0.5) is 0 Å². The molecule has 1 atom stereocenters. The molecule has 168 valence electrons. The van der Waals surface area contributed by atoms with Crippen molar-refractivity contribution in [3.63, 3.8) is 0 Å². The summed E-state index contributed by atoms with van der Waals surface area (Å²) in [4.78, 5) is 15.2. The van der Waals surface area contributed by atoms with Crippen molar-refractivity contribution in [3.8, 4) is 5.75 Å². The molecule has 1 aliphatic rings. The van der Waals surface area contributed by atoms with Crippen LogP contribution in [0.2, 0.25) is 0 Å². The average molecular weight is 423 g/mol. The number of amides is 1. The Hall–Kier alpha value is -2.33. The molecule has 1 unspecified atom stereocenters. The Morgan fingerprint density at radius 1 is 0.968 bits per heavy atom. The summed E-state index contributed by atoms with van der Waals surface area (Å²) in [6.07, 6.45) is 4.12. The molecule has 0 aromatic heterocycles. The van der Waals surface area contributed by atoms with Crippen LogP contribution in [-0.4, -0.2) is 30.0 Å². The van der Waals surface area contributed by atoms with E-state index in [-0.39, 0.29) is 11.3 Å². The molecule has 1 N–H and O–H groups in total. The van der Waals surface area contributed by atoms with Gasteiger partial charge in [0.25, 0.3) is 5.91 Å². The van der Waals surface area contributed by atoms with Gasteiger partial charge in [-0.3, -0.25) is 9.69 Å². The van der Waals surface area contributed by atoms with Crippen molar-refractivity contribution in [2.45, 2.75) is 78.0 Å². The first kappa shape index (κ1) is 23.3. The third kappa shape index (κ3) is 7.10. The highest BCUT2D eigenvalue weighted by Crippen LogP contribution is 2.25. The van der Waals surface area contributed by atoms with Crippen molar-refractivity contribution >= 4 is 5.91 Å². The van der Waals surface area contributed by atoms with Crippen molar-refractivity contribution < 1.29 is 9.53 Å². The number of carbonyl (C=O) groups excluding carboxylic acids is 1. The van der Waals surface area contributed by atoms with Gasteiger partial charge in [0, 0.05) is 13.1 Å². The molecule has 0 bridgehead atoms. The molecular formula is C27H38N2O2. The van der Waals surface area contributed by atoms with Crippen molar-refractivity contribution in [3.05, 3.63) is 65.2 Å². The Bertz CT molecular complexity index is 816. The monoisotopic (exact) mass is 422 g/mol. The zero-order chi connectivity index (χ0) is 22.3. The first-order valence-electron chi connectivity index (χ1n) is 11.7. The van der Waals surface area contributed by atoms with Crippen molar-refractivity contribution in [1.82, 2.24) is 10.2 Å². The van der Waals surface area contributed by atoms with E-state index in [1.807, 2.05) is 19.1 Å². The van der Waals surface area contributed by atoms with Crippen molar-refractivity contribution in [1.29, 1.82) is 0 Å². The molecule has 1 aliphatic heterocycles. The number of nitrogens with zero attached hydrogens (tertiary/aromatic N) is 1. The zero-order valence-electron chi connectivity index (χ0n) is 19.6. The second-order valence-corrected chi connectivity index (χ2v) is 9.66. The average Bonchev–Trinajstić information content (AvgIpc) is 2.77. The van der Waals surface area contributed by atoms with Gasteiger partial charge in [0.05, 0.1) is 0 Å². The van der Waals surface area contributed by atoms with Crippen LogP contribution in [0.15, 0.2) is 48.5 Å². The highest BCUT2D eigenvalue weighted by molar-refractivity contribution is 5.81. The van der Waals surface area contributed by atoms with Gasteiger partial charge in [-0.05, 0) is 66.6 Å². The van der Waals surface area contributed by atoms with Gasteiger partial charge in [-0.2, -0.15) is 0 Å². The number of likely N-dealkylation sites (tertiary alicyclic amines) is 1. The quantitative estimate of drug-likeness (QED) is 0.615. The Morgan fingerprint density at radius 3 is 2.16 bits per heavy atom. The van der Waals surface area contributed by atoms with Crippen LogP contribution in [0.3, 0.4) is 0 Å². The fourth-order valence-electron chi connectivity index (χ4n) is 3.96. The lowest BCUT2D eigenvalue weighted by atomic mass is 9.87. The third-order valence-corrected chi connectivity index (χ3v) is 6.01. The number of carbonyl (C=O) groups is 1. The number of ether oxygens (including phenoxy) is 1. The smallest absolute Gasteiger partial charge is 0.261 e. The van der Waals surface area contributed by atoms with Gasteiger partial charge in [-0.1, -0.05) is 70.5 Å². The van der Waals surface area contributed by atoms with E-state index >= 15 is 0 Å². The van der Waals surface area contributed by atoms with E-state index in [1.165, 1.54) is 43.5 Å². The minimum atomic E-state index is -0.487. The van der Waals surface area contributed by atoms with E-state index in [9.17, 15) is 4.79 Å². The van der Waals surface area contributed by atoms with E-state index < -0.39 is 6.10 Å². The van der Waals surface area contributed by atoms with Gasteiger partial charge in [-0.25, -0.2) is 0 Å². The third-order valence-electron chi connectivity index (χ3n) is 6.01. The summed E-state index contributed by atoms with van der Waals surface area (Å²) in [5.74, 6) is 0.664. The number of hydrogen-bond acceptors (Lipinski definition) is 3. The minimum Gasteiger partial charge on any atom is -0.481 e. The standard InChI is InChI=1S/C27H38N2O2/c1-5-25(31-24-15-13-23(14-16-24)27(2,3)4)26(30)28-19-21-9-11-22(12-10-21)20-29-17-7-6-8-18-29/h9-16,25H,5-8,17-20H2,1-4H3,(H,28,30). The minimum absolute atomic E-state index is 0.0696. The molecule has 1 fully saturated rings. The SMILES string of the molecule is CCC(Oc1ccc(C(C)(C)C)cc1)C(=O)NCc1ccc(CN2CCCCC2)cc1. The molecule has 1 heterocycles. The number of piperidine rings is 1. The summed E-state index contributed by atoms with van der Waals surface area (Å²) in [5.41, 5.74) is 3.80. The molecule has 2 aromatic rings. The van der Waals surface area contributed by atoms with Crippen LogP contribution in [-0.2, 0) is 23.3 Å². The summed E-state index contributed by atoms with van der Waals surface area (Å²) in [7, 11) is 0. The molecule has 1 amide bonds. The zero-order valence-corrected chi connectivity index (χ0v) is 19.6. The van der Waals surface area contributed by atoms with Gasteiger partial charge in [0.15, 0.2) is 6.10 Å². The van der Waals surface area contributed by atoms with Crippen LogP contribution >= 0.6 is 0 Å². The highest BCUT2D eigenvalue weighted by Gasteiger charge is 2.19. The summed E-state index contributed by atoms with van der Waals surface area (Å²) in [6.45, 7) is 12.5. The number of benzene rings is 2. The summed E-state index contributed by atoms with van der Waals surface area (Å²) in [6, 6.07) is 16.7. The van der Waals surface area contributed by atoms with Crippen LogP contribution in [0, 0.1) is 0 Å². The topological polar surface area (TPSA) is 41.6 Å². The van der Waals surface area contributed by atoms with E-state index in [0.29, 0.717) is 13.0 Å². The molecule has 31 heavy (non-hydrogen) atoms. The van der Waals surface area contributed by atoms with Gasteiger partial charge >= 0.3 is 0 Å². The fourth-order valence-corrected chi connectivity index (χ4v) is 3.96. The van der Waals surface area contributed by atoms with Crippen LogP contribution in [0.5, 0.6) is 5.75 Å². The van der Waals surface area contributed by atoms with E-state index in [4.69, 9.17) is 4.74 Å². The molecule has 1 saturated heterocycles. The van der Waals surface area contributed by atoms with Gasteiger partial charge in [-0.15, -0.1) is 0 Å². The van der Waals surface area contributed by atoms with Gasteiger partial charge in [0.2, 0.25) is 0 Å². The number of nitrogens with one attached hydrogen (secondary N) is 1. The first-order valence-corrected chi connectivity index (χ1v) is 11.7. The van der Waals surface area contributed by atoms with Crippen molar-refractivity contribution in [2.75, 3.05) is 13.1 Å². The lowest BCUT2D eigenvalue weighted by Crippen LogP contribution is -2.37. The normalized spacial score (nSPS) is 16.0. The van der Waals surface area contributed by atoms with Crippen molar-refractivity contribution in [2.24, 2.45) is 0 Å². The Morgan fingerprint density at radius 2 is 1.58 bits per heavy atom. The fraction of sp³-hybridized carbons (Fsp3) is 0.519. The Balaban J connectivity index is 1.49. The molecule has 0 radical (unpaired) electrons. The van der Waals surface area contributed by atoms with Gasteiger partial charge < -0.3 is 10.1 Å². The van der Waals surface area contributed by atoms with E-state index in [1.54, 1.807) is 0 Å².